The Labute approximate surface area is 128 Å². The number of hydrogen-bond acceptors (Lipinski definition) is 4. The van der Waals surface area contributed by atoms with Gasteiger partial charge >= 0.3 is 0 Å². The van der Waals surface area contributed by atoms with Crippen LogP contribution in [0.25, 0.3) is 0 Å². The van der Waals surface area contributed by atoms with Gasteiger partial charge in [-0.1, -0.05) is 6.07 Å². The fourth-order valence-electron chi connectivity index (χ4n) is 2.99. The highest BCUT2D eigenvalue weighted by Gasteiger charge is 2.36. The van der Waals surface area contributed by atoms with Crippen molar-refractivity contribution in [2.45, 2.75) is 19.4 Å². The van der Waals surface area contributed by atoms with E-state index in [-0.39, 0.29) is 6.04 Å². The highest BCUT2D eigenvalue weighted by molar-refractivity contribution is 9.10. The molecule has 2 aliphatic heterocycles. The Morgan fingerprint density at radius 2 is 2.35 bits per heavy atom. The van der Waals surface area contributed by atoms with E-state index in [1.54, 1.807) is 0 Å². The molecule has 2 atom stereocenters. The predicted molar refractivity (Wildman–Crippen MR) is 84.2 cm³/mol. The number of hydrazone groups is 1. The van der Waals surface area contributed by atoms with Gasteiger partial charge in [-0.15, -0.1) is 0 Å². The average Bonchev–Trinajstić information content (AvgIpc) is 2.84. The van der Waals surface area contributed by atoms with E-state index in [0.717, 1.165) is 29.7 Å². The summed E-state index contributed by atoms with van der Waals surface area (Å²) in [6.45, 7) is 4.86. The maximum Gasteiger partial charge on any atom is 0.133 e. The minimum absolute atomic E-state index is 0.278. The van der Waals surface area contributed by atoms with Crippen molar-refractivity contribution in [3.8, 4) is 5.75 Å². The molecular formula is C15H20BrN3O. The molecule has 1 saturated heterocycles. The van der Waals surface area contributed by atoms with Crippen molar-refractivity contribution < 1.29 is 4.74 Å². The zero-order valence-corrected chi connectivity index (χ0v) is 13.5. The second-order valence-electron chi connectivity index (χ2n) is 5.45. The number of ether oxygens (including phenoxy) is 1. The molecule has 0 spiro atoms. The highest BCUT2D eigenvalue weighted by atomic mass is 79.9. The van der Waals surface area contributed by atoms with Crippen molar-refractivity contribution in [3.05, 3.63) is 28.2 Å². The maximum absolute atomic E-state index is 5.57. The van der Waals surface area contributed by atoms with E-state index < -0.39 is 0 Å². The molecule has 1 aromatic carbocycles. The van der Waals surface area contributed by atoms with Crippen LogP contribution in [-0.2, 0) is 0 Å². The fourth-order valence-corrected chi connectivity index (χ4v) is 3.50. The molecule has 5 heteroatoms. The third-order valence-corrected chi connectivity index (χ3v) is 4.67. The Kier molecular flexibility index (Phi) is 3.98. The molecular weight excluding hydrogens is 318 g/mol. The van der Waals surface area contributed by atoms with Crippen LogP contribution < -0.4 is 10.2 Å². The van der Waals surface area contributed by atoms with E-state index in [1.807, 2.05) is 13.0 Å². The number of halogens is 1. The summed E-state index contributed by atoms with van der Waals surface area (Å²) in [5.74, 6) is 1.38. The topological polar surface area (TPSA) is 36.9 Å². The van der Waals surface area contributed by atoms with Gasteiger partial charge in [0.2, 0.25) is 0 Å². The van der Waals surface area contributed by atoms with Gasteiger partial charge < -0.3 is 15.1 Å². The minimum Gasteiger partial charge on any atom is -0.493 e. The summed E-state index contributed by atoms with van der Waals surface area (Å²) in [4.78, 5) is 2.38. The van der Waals surface area contributed by atoms with Gasteiger partial charge in [0.05, 0.1) is 17.1 Å². The van der Waals surface area contributed by atoms with E-state index in [4.69, 9.17) is 4.74 Å². The summed E-state index contributed by atoms with van der Waals surface area (Å²) >= 11 is 3.59. The average molecular weight is 338 g/mol. The van der Waals surface area contributed by atoms with Crippen LogP contribution in [0.15, 0.2) is 27.8 Å². The van der Waals surface area contributed by atoms with E-state index in [2.05, 4.69) is 50.5 Å². The number of rotatable bonds is 3. The van der Waals surface area contributed by atoms with Gasteiger partial charge in [-0.05, 0) is 47.6 Å². The van der Waals surface area contributed by atoms with Crippen LogP contribution in [0.2, 0.25) is 0 Å². The molecule has 20 heavy (non-hydrogen) atoms. The van der Waals surface area contributed by atoms with Crippen molar-refractivity contribution in [3.63, 3.8) is 0 Å². The third kappa shape index (κ3) is 2.56. The summed E-state index contributed by atoms with van der Waals surface area (Å²) in [6.07, 6.45) is 1.07. The molecule has 0 radical (unpaired) electrons. The van der Waals surface area contributed by atoms with Gasteiger partial charge in [0.25, 0.3) is 0 Å². The largest absolute Gasteiger partial charge is 0.493 e. The smallest absolute Gasteiger partial charge is 0.133 e. The van der Waals surface area contributed by atoms with Gasteiger partial charge in [0, 0.05) is 31.1 Å². The molecule has 0 amide bonds. The van der Waals surface area contributed by atoms with Gasteiger partial charge in [-0.2, -0.15) is 5.10 Å². The van der Waals surface area contributed by atoms with Crippen LogP contribution in [0.5, 0.6) is 5.75 Å². The molecule has 3 rings (SSSR count). The lowest BCUT2D eigenvalue weighted by Gasteiger charge is -2.31. The summed E-state index contributed by atoms with van der Waals surface area (Å²) in [7, 11) is 2.18. The second kappa shape index (κ2) is 5.74. The number of hydrogen-bond donors (Lipinski definition) is 1. The maximum atomic E-state index is 5.57. The van der Waals surface area contributed by atoms with Crippen LogP contribution in [0.3, 0.4) is 0 Å². The fraction of sp³-hybridized carbons (Fsp3) is 0.533. The van der Waals surface area contributed by atoms with Crippen molar-refractivity contribution in [2.75, 3.05) is 26.7 Å². The van der Waals surface area contributed by atoms with Crippen LogP contribution in [-0.4, -0.2) is 37.4 Å². The second-order valence-corrected chi connectivity index (χ2v) is 6.31. The number of nitrogens with one attached hydrogen (secondary N) is 1. The van der Waals surface area contributed by atoms with Crippen molar-refractivity contribution in [1.82, 2.24) is 10.3 Å². The number of nitrogens with zero attached hydrogens (tertiary/aromatic N) is 2. The van der Waals surface area contributed by atoms with E-state index in [0.29, 0.717) is 12.5 Å². The molecule has 4 nitrogen and oxygen atoms in total. The minimum atomic E-state index is 0.278. The molecule has 2 heterocycles. The van der Waals surface area contributed by atoms with Crippen LogP contribution >= 0.6 is 15.9 Å². The molecule has 2 unspecified atom stereocenters. The molecule has 1 N–H and O–H groups in total. The Bertz CT molecular complexity index is 532. The standard InChI is InChI=1S/C15H20BrN3O/c1-3-20-14-5-4-10(8-12(14)16)15-11-9-19(2)7-6-13(11)17-18-15/h4-5,8,11,15,18H,3,6-7,9H2,1-2H3. The van der Waals surface area contributed by atoms with Gasteiger partial charge in [-0.25, -0.2) is 0 Å². The van der Waals surface area contributed by atoms with Crippen LogP contribution in [0, 0.1) is 5.92 Å². The van der Waals surface area contributed by atoms with Crippen LogP contribution in [0.1, 0.15) is 24.9 Å². The Hall–Kier alpha value is -1.07. The van der Waals surface area contributed by atoms with Crippen LogP contribution in [0.4, 0.5) is 0 Å². The van der Waals surface area contributed by atoms with Crippen molar-refractivity contribution in [2.24, 2.45) is 11.0 Å². The SMILES string of the molecule is CCOc1ccc(C2NN=C3CCN(C)CC32)cc1Br. The van der Waals surface area contributed by atoms with Crippen molar-refractivity contribution >= 4 is 21.6 Å². The first-order valence-corrected chi connectivity index (χ1v) is 7.91. The lowest BCUT2D eigenvalue weighted by Crippen LogP contribution is -2.39. The first-order valence-electron chi connectivity index (χ1n) is 7.11. The first kappa shape index (κ1) is 13.9. The third-order valence-electron chi connectivity index (χ3n) is 4.05. The van der Waals surface area contributed by atoms with Crippen molar-refractivity contribution in [1.29, 1.82) is 0 Å². The van der Waals surface area contributed by atoms with E-state index in [9.17, 15) is 0 Å². The lowest BCUT2D eigenvalue weighted by molar-refractivity contribution is 0.272. The number of fused-ring (bicyclic) bond motifs is 1. The monoisotopic (exact) mass is 337 g/mol. The highest BCUT2D eigenvalue weighted by Crippen LogP contribution is 2.35. The van der Waals surface area contributed by atoms with E-state index in [1.165, 1.54) is 11.3 Å². The summed E-state index contributed by atoms with van der Waals surface area (Å²) in [5, 5.41) is 4.53. The molecule has 0 bridgehead atoms. The van der Waals surface area contributed by atoms with Gasteiger partial charge in [-0.3, -0.25) is 0 Å². The zero-order valence-electron chi connectivity index (χ0n) is 11.9. The van der Waals surface area contributed by atoms with E-state index >= 15 is 0 Å². The summed E-state index contributed by atoms with van der Waals surface area (Å²) in [5.41, 5.74) is 5.89. The summed E-state index contributed by atoms with van der Waals surface area (Å²) in [6, 6.07) is 6.60. The molecule has 2 aliphatic rings. The molecule has 0 saturated carbocycles. The molecule has 1 fully saturated rings. The van der Waals surface area contributed by atoms with Gasteiger partial charge in [0.15, 0.2) is 0 Å². The molecule has 0 aliphatic carbocycles. The van der Waals surface area contributed by atoms with Gasteiger partial charge in [0.1, 0.15) is 5.75 Å². The zero-order chi connectivity index (χ0) is 14.1. The first-order chi connectivity index (χ1) is 9.69. The molecule has 1 aromatic rings. The Morgan fingerprint density at radius 3 is 3.10 bits per heavy atom. The molecule has 0 aromatic heterocycles. The predicted octanol–water partition coefficient (Wildman–Crippen LogP) is 2.80. The quantitative estimate of drug-likeness (QED) is 0.921. The number of piperidine rings is 1. The normalized spacial score (nSPS) is 25.9. The lowest BCUT2D eigenvalue weighted by atomic mass is 9.86. The Morgan fingerprint density at radius 1 is 1.50 bits per heavy atom. The Balaban J connectivity index is 1.81. The number of benzene rings is 1. The number of likely N-dealkylation sites (tertiary alicyclic amines) is 1. The summed E-state index contributed by atoms with van der Waals surface area (Å²) < 4.78 is 6.58. The molecule has 108 valence electrons.